The van der Waals surface area contributed by atoms with Gasteiger partial charge in [-0.05, 0) is 49.6 Å². The number of aryl methyl sites for hydroxylation is 1. The molecule has 0 aromatic heterocycles. The van der Waals surface area contributed by atoms with Crippen LogP contribution in [0, 0.1) is 0 Å². The Hall–Kier alpha value is -0.670. The lowest BCUT2D eigenvalue weighted by molar-refractivity contribution is 0.127. The minimum Gasteiger partial charge on any atom is -0.399 e. The second-order valence-electron chi connectivity index (χ2n) is 4.62. The molecule has 2 unspecified atom stereocenters. The van der Waals surface area contributed by atoms with Crippen molar-refractivity contribution in [3.8, 4) is 0 Å². The molecule has 0 amide bonds. The minimum atomic E-state index is 0.437. The summed E-state index contributed by atoms with van der Waals surface area (Å²) in [5, 5.41) is 0.704. The summed E-state index contributed by atoms with van der Waals surface area (Å²) in [5.74, 6) is 1.22. The van der Waals surface area contributed by atoms with Crippen molar-refractivity contribution in [3.05, 3.63) is 29.8 Å². The van der Waals surface area contributed by atoms with Crippen LogP contribution in [0.25, 0.3) is 0 Å². The summed E-state index contributed by atoms with van der Waals surface area (Å²) in [6.07, 6.45) is 3.99. The van der Waals surface area contributed by atoms with Crippen LogP contribution in [0.5, 0.6) is 0 Å². The van der Waals surface area contributed by atoms with E-state index < -0.39 is 0 Å². The standard InChI is InChI=1S/C14H21NOS/c1-11-14(7-8-16-11)17-9-3-5-12-4-2-6-13(15)10-12/h2,4,6,10-11,14H,3,5,7-9,15H2,1H3. The van der Waals surface area contributed by atoms with Crippen LogP contribution in [0.4, 0.5) is 5.69 Å². The van der Waals surface area contributed by atoms with E-state index in [0.717, 1.165) is 18.7 Å². The summed E-state index contributed by atoms with van der Waals surface area (Å²) in [5.41, 5.74) is 7.98. The van der Waals surface area contributed by atoms with Crippen LogP contribution in [0.2, 0.25) is 0 Å². The van der Waals surface area contributed by atoms with E-state index in [2.05, 4.69) is 30.8 Å². The molecule has 2 rings (SSSR count). The average molecular weight is 251 g/mol. The molecule has 1 aromatic carbocycles. The van der Waals surface area contributed by atoms with E-state index in [4.69, 9.17) is 10.5 Å². The highest BCUT2D eigenvalue weighted by atomic mass is 32.2. The van der Waals surface area contributed by atoms with Crippen molar-refractivity contribution in [1.82, 2.24) is 0 Å². The van der Waals surface area contributed by atoms with Crippen molar-refractivity contribution in [2.45, 2.75) is 37.5 Å². The van der Waals surface area contributed by atoms with Crippen LogP contribution in [0.15, 0.2) is 24.3 Å². The van der Waals surface area contributed by atoms with E-state index in [1.807, 2.05) is 12.1 Å². The molecule has 2 N–H and O–H groups in total. The topological polar surface area (TPSA) is 35.2 Å². The molecular formula is C14H21NOS. The number of hydrogen-bond donors (Lipinski definition) is 1. The zero-order chi connectivity index (χ0) is 12.1. The number of ether oxygens (including phenoxy) is 1. The molecule has 0 spiro atoms. The van der Waals surface area contributed by atoms with Crippen LogP contribution < -0.4 is 5.73 Å². The highest BCUT2D eigenvalue weighted by Crippen LogP contribution is 2.26. The number of rotatable bonds is 5. The maximum Gasteiger partial charge on any atom is 0.0666 e. The van der Waals surface area contributed by atoms with Gasteiger partial charge < -0.3 is 10.5 Å². The van der Waals surface area contributed by atoms with E-state index in [1.165, 1.54) is 24.2 Å². The Morgan fingerprint density at radius 1 is 1.47 bits per heavy atom. The summed E-state index contributed by atoms with van der Waals surface area (Å²) in [6.45, 7) is 3.12. The number of benzene rings is 1. The zero-order valence-corrected chi connectivity index (χ0v) is 11.2. The van der Waals surface area contributed by atoms with Crippen LogP contribution in [-0.2, 0) is 11.2 Å². The predicted octanol–water partition coefficient (Wildman–Crippen LogP) is 3.11. The van der Waals surface area contributed by atoms with Gasteiger partial charge in [0.2, 0.25) is 0 Å². The summed E-state index contributed by atoms with van der Waals surface area (Å²) in [4.78, 5) is 0. The van der Waals surface area contributed by atoms with Gasteiger partial charge >= 0.3 is 0 Å². The normalized spacial score (nSPS) is 24.1. The molecule has 1 aromatic rings. The Morgan fingerprint density at radius 2 is 2.35 bits per heavy atom. The number of nitrogen functional groups attached to an aromatic ring is 1. The lowest BCUT2D eigenvalue weighted by Crippen LogP contribution is -2.13. The first-order valence-corrected chi connectivity index (χ1v) is 7.38. The Labute approximate surface area is 108 Å². The molecule has 2 atom stereocenters. The quantitative estimate of drug-likeness (QED) is 0.645. The van der Waals surface area contributed by atoms with Gasteiger partial charge in [-0.3, -0.25) is 0 Å². The molecule has 1 heterocycles. The molecule has 1 fully saturated rings. The summed E-state index contributed by atoms with van der Waals surface area (Å²) < 4.78 is 5.56. The third-order valence-electron chi connectivity index (χ3n) is 3.20. The molecule has 94 valence electrons. The van der Waals surface area contributed by atoms with Crippen LogP contribution in [0.1, 0.15) is 25.3 Å². The molecule has 1 saturated heterocycles. The van der Waals surface area contributed by atoms with Gasteiger partial charge in [-0.2, -0.15) is 11.8 Å². The van der Waals surface area contributed by atoms with Gasteiger partial charge in [0.05, 0.1) is 6.10 Å². The highest BCUT2D eigenvalue weighted by molar-refractivity contribution is 7.99. The number of anilines is 1. The maximum absolute atomic E-state index is 5.76. The van der Waals surface area contributed by atoms with E-state index >= 15 is 0 Å². The van der Waals surface area contributed by atoms with Gasteiger partial charge in [0.1, 0.15) is 0 Å². The van der Waals surface area contributed by atoms with E-state index in [-0.39, 0.29) is 0 Å². The largest absolute Gasteiger partial charge is 0.399 e. The van der Waals surface area contributed by atoms with Crippen molar-refractivity contribution >= 4 is 17.4 Å². The molecule has 1 aliphatic rings. The summed E-state index contributed by atoms with van der Waals surface area (Å²) in [6, 6.07) is 8.20. The number of hydrogen-bond acceptors (Lipinski definition) is 3. The van der Waals surface area contributed by atoms with Gasteiger partial charge in [0.25, 0.3) is 0 Å². The molecular weight excluding hydrogens is 230 g/mol. The van der Waals surface area contributed by atoms with E-state index in [9.17, 15) is 0 Å². The lowest BCUT2D eigenvalue weighted by Gasteiger charge is -2.13. The lowest BCUT2D eigenvalue weighted by atomic mass is 10.1. The van der Waals surface area contributed by atoms with Crippen LogP contribution in [-0.4, -0.2) is 23.7 Å². The van der Waals surface area contributed by atoms with Gasteiger partial charge in [0.15, 0.2) is 0 Å². The van der Waals surface area contributed by atoms with Gasteiger partial charge in [0, 0.05) is 17.5 Å². The molecule has 2 nitrogen and oxygen atoms in total. The Bertz CT molecular complexity index is 356. The van der Waals surface area contributed by atoms with E-state index in [1.54, 1.807) is 0 Å². The molecule has 17 heavy (non-hydrogen) atoms. The average Bonchev–Trinajstić information content (AvgIpc) is 2.71. The summed E-state index contributed by atoms with van der Waals surface area (Å²) >= 11 is 2.06. The third kappa shape index (κ3) is 3.93. The van der Waals surface area contributed by atoms with E-state index in [0.29, 0.717) is 11.4 Å². The fourth-order valence-corrected chi connectivity index (χ4v) is 3.42. The Kier molecular flexibility index (Phi) is 4.75. The molecule has 0 radical (unpaired) electrons. The van der Waals surface area contributed by atoms with Gasteiger partial charge in [-0.1, -0.05) is 12.1 Å². The first-order valence-electron chi connectivity index (χ1n) is 6.33. The fraction of sp³-hybridized carbons (Fsp3) is 0.571. The number of nitrogens with two attached hydrogens (primary N) is 1. The van der Waals surface area contributed by atoms with Crippen molar-refractivity contribution in [1.29, 1.82) is 0 Å². The smallest absolute Gasteiger partial charge is 0.0666 e. The van der Waals surface area contributed by atoms with Crippen molar-refractivity contribution in [2.24, 2.45) is 0 Å². The predicted molar refractivity (Wildman–Crippen MR) is 75.5 cm³/mol. The van der Waals surface area contributed by atoms with Crippen molar-refractivity contribution in [2.75, 3.05) is 18.1 Å². The SMILES string of the molecule is CC1OCCC1SCCCc1cccc(N)c1. The van der Waals surface area contributed by atoms with Gasteiger partial charge in [-0.25, -0.2) is 0 Å². The second kappa shape index (κ2) is 6.31. The molecule has 0 saturated carbocycles. The monoisotopic (exact) mass is 251 g/mol. The van der Waals surface area contributed by atoms with Crippen molar-refractivity contribution < 1.29 is 4.74 Å². The van der Waals surface area contributed by atoms with Crippen LogP contribution >= 0.6 is 11.8 Å². The molecule has 0 aliphatic carbocycles. The number of thioether (sulfide) groups is 1. The zero-order valence-electron chi connectivity index (χ0n) is 10.4. The Balaban J connectivity index is 1.66. The highest BCUT2D eigenvalue weighted by Gasteiger charge is 2.23. The molecule has 3 heteroatoms. The van der Waals surface area contributed by atoms with Crippen molar-refractivity contribution in [3.63, 3.8) is 0 Å². The third-order valence-corrected chi connectivity index (χ3v) is 4.77. The molecule has 0 bridgehead atoms. The fourth-order valence-electron chi connectivity index (χ4n) is 2.19. The first kappa shape index (κ1) is 12.8. The Morgan fingerprint density at radius 3 is 3.06 bits per heavy atom. The minimum absolute atomic E-state index is 0.437. The maximum atomic E-state index is 5.76. The summed E-state index contributed by atoms with van der Waals surface area (Å²) in [7, 11) is 0. The molecule has 1 aliphatic heterocycles. The van der Waals surface area contributed by atoms with Gasteiger partial charge in [-0.15, -0.1) is 0 Å². The first-order chi connectivity index (χ1) is 8.25. The second-order valence-corrected chi connectivity index (χ2v) is 5.97. The van der Waals surface area contributed by atoms with Crippen LogP contribution in [0.3, 0.4) is 0 Å².